The Morgan fingerprint density at radius 1 is 1.22 bits per heavy atom. The van der Waals surface area contributed by atoms with Gasteiger partial charge in [0.25, 0.3) is 0 Å². The molecule has 0 radical (unpaired) electrons. The molecule has 3 nitrogen and oxygen atoms in total. The molecule has 0 saturated heterocycles. The van der Waals surface area contributed by atoms with Gasteiger partial charge in [-0.15, -0.1) is 0 Å². The number of hydrogen-bond donors (Lipinski definition) is 1. The number of anilines is 1. The zero-order valence-corrected chi connectivity index (χ0v) is 11.9. The molecule has 98 valence electrons. The molecule has 1 aromatic rings. The molecule has 18 heavy (non-hydrogen) atoms. The van der Waals surface area contributed by atoms with Crippen LogP contribution >= 0.6 is 0 Å². The van der Waals surface area contributed by atoms with Crippen molar-refractivity contribution in [3.63, 3.8) is 0 Å². The van der Waals surface area contributed by atoms with E-state index in [1.54, 1.807) is 0 Å². The second-order valence-electron chi connectivity index (χ2n) is 6.44. The van der Waals surface area contributed by atoms with Crippen molar-refractivity contribution in [2.45, 2.75) is 45.7 Å². The summed E-state index contributed by atoms with van der Waals surface area (Å²) in [4.78, 5) is 4.64. The van der Waals surface area contributed by atoms with Crippen molar-refractivity contribution >= 4 is 11.6 Å². The molecule has 1 aromatic carbocycles. The molecule has 0 bridgehead atoms. The molecule has 0 saturated carbocycles. The topological polar surface area (TPSA) is 33.6 Å². The van der Waals surface area contributed by atoms with Gasteiger partial charge in [0.05, 0.1) is 11.1 Å². The largest absolute Gasteiger partial charge is 0.475 e. The maximum Gasteiger partial charge on any atom is 0.218 e. The van der Waals surface area contributed by atoms with Gasteiger partial charge in [-0.25, -0.2) is 4.99 Å². The van der Waals surface area contributed by atoms with Gasteiger partial charge < -0.3 is 10.1 Å². The number of para-hydroxylation sites is 1. The van der Waals surface area contributed by atoms with Crippen LogP contribution in [0.3, 0.4) is 0 Å². The third-order valence-corrected chi connectivity index (χ3v) is 2.63. The number of rotatable bonds is 2. The summed E-state index contributed by atoms with van der Waals surface area (Å²) < 4.78 is 5.72. The summed E-state index contributed by atoms with van der Waals surface area (Å²) >= 11 is 0. The summed E-state index contributed by atoms with van der Waals surface area (Å²) in [6, 6.07) is 8.16. The van der Waals surface area contributed by atoms with Crippen LogP contribution < -0.4 is 5.32 Å². The van der Waals surface area contributed by atoms with Crippen molar-refractivity contribution in [2.75, 3.05) is 11.9 Å². The summed E-state index contributed by atoms with van der Waals surface area (Å²) in [5.74, 6) is 0.743. The molecule has 1 aliphatic heterocycles. The Kier molecular flexibility index (Phi) is 3.09. The zero-order chi connectivity index (χ0) is 13.4. The minimum Gasteiger partial charge on any atom is -0.475 e. The fraction of sp³-hybridized carbons (Fsp3) is 0.533. The predicted octanol–water partition coefficient (Wildman–Crippen LogP) is 3.45. The lowest BCUT2D eigenvalue weighted by Crippen LogP contribution is -2.27. The van der Waals surface area contributed by atoms with Crippen molar-refractivity contribution in [3.8, 4) is 0 Å². The number of hydrogen-bond acceptors (Lipinski definition) is 3. The number of nitrogens with one attached hydrogen (secondary N) is 1. The van der Waals surface area contributed by atoms with Crippen LogP contribution in [0.1, 0.15) is 40.2 Å². The molecule has 0 atom stereocenters. The Morgan fingerprint density at radius 3 is 2.44 bits per heavy atom. The molecule has 0 fully saturated rings. The van der Waals surface area contributed by atoms with Crippen molar-refractivity contribution in [1.82, 2.24) is 0 Å². The minimum atomic E-state index is -0.121. The first-order valence-electron chi connectivity index (χ1n) is 6.37. The first-order valence-corrected chi connectivity index (χ1v) is 6.37. The summed E-state index contributed by atoms with van der Waals surface area (Å²) in [5.41, 5.74) is 2.01. The molecule has 0 unspecified atom stereocenters. The maximum atomic E-state index is 5.72. The molecule has 1 heterocycles. The normalized spacial score (nSPS) is 18.2. The highest BCUT2D eigenvalue weighted by atomic mass is 16.5. The molecule has 1 N–H and O–H groups in total. The van der Waals surface area contributed by atoms with E-state index >= 15 is 0 Å². The van der Waals surface area contributed by atoms with Crippen LogP contribution in [-0.2, 0) is 4.74 Å². The van der Waals surface area contributed by atoms with E-state index in [0.717, 1.165) is 17.1 Å². The Hall–Kier alpha value is -1.51. The Morgan fingerprint density at radius 2 is 1.89 bits per heavy atom. The van der Waals surface area contributed by atoms with Crippen molar-refractivity contribution < 1.29 is 4.74 Å². The van der Waals surface area contributed by atoms with Crippen LogP contribution in [0.15, 0.2) is 29.3 Å². The quantitative estimate of drug-likeness (QED) is 0.867. The van der Waals surface area contributed by atoms with Crippen LogP contribution in [0.25, 0.3) is 0 Å². The van der Waals surface area contributed by atoms with Crippen molar-refractivity contribution in [3.05, 3.63) is 29.8 Å². The summed E-state index contributed by atoms with van der Waals surface area (Å²) in [6.07, 6.45) is 0. The molecule has 0 spiro atoms. The number of ether oxygens (including phenoxy) is 1. The lowest BCUT2D eigenvalue weighted by molar-refractivity contribution is 0.279. The van der Waals surface area contributed by atoms with E-state index in [4.69, 9.17) is 4.74 Å². The van der Waals surface area contributed by atoms with Gasteiger partial charge in [0.2, 0.25) is 5.90 Å². The lowest BCUT2D eigenvalue weighted by Gasteiger charge is -2.23. The van der Waals surface area contributed by atoms with Crippen LogP contribution in [-0.4, -0.2) is 23.6 Å². The van der Waals surface area contributed by atoms with Crippen LogP contribution in [0.4, 0.5) is 5.69 Å². The third kappa shape index (κ3) is 3.03. The van der Waals surface area contributed by atoms with Crippen LogP contribution in [0, 0.1) is 0 Å². The molecular weight excluding hydrogens is 224 g/mol. The minimum absolute atomic E-state index is 0.0186. The van der Waals surface area contributed by atoms with E-state index in [9.17, 15) is 0 Å². The molecular formula is C15H22N2O. The number of nitrogens with zero attached hydrogens (tertiary/aromatic N) is 1. The highest BCUT2D eigenvalue weighted by molar-refractivity contribution is 6.00. The van der Waals surface area contributed by atoms with E-state index in [0.29, 0.717) is 6.61 Å². The molecule has 2 rings (SSSR count). The van der Waals surface area contributed by atoms with Gasteiger partial charge in [0.15, 0.2) is 0 Å². The highest BCUT2D eigenvalue weighted by Crippen LogP contribution is 2.26. The second-order valence-corrected chi connectivity index (χ2v) is 6.44. The lowest BCUT2D eigenvalue weighted by atomic mass is 10.1. The maximum absolute atomic E-state index is 5.72. The van der Waals surface area contributed by atoms with Crippen molar-refractivity contribution in [2.24, 2.45) is 4.99 Å². The molecule has 1 aliphatic rings. The second kappa shape index (κ2) is 4.30. The van der Waals surface area contributed by atoms with Crippen LogP contribution in [0.2, 0.25) is 0 Å². The number of benzene rings is 1. The molecule has 0 amide bonds. The third-order valence-electron chi connectivity index (χ3n) is 2.63. The Bertz CT molecular complexity index is 470. The SMILES string of the molecule is CC1(C)COC(c2ccccc2NC(C)(C)C)=N1. The van der Waals surface area contributed by atoms with Gasteiger partial charge in [-0.1, -0.05) is 12.1 Å². The van der Waals surface area contributed by atoms with Gasteiger partial charge in [0.1, 0.15) is 6.61 Å². The van der Waals surface area contributed by atoms with Gasteiger partial charge >= 0.3 is 0 Å². The summed E-state index contributed by atoms with van der Waals surface area (Å²) in [5, 5.41) is 3.49. The smallest absolute Gasteiger partial charge is 0.218 e. The van der Waals surface area contributed by atoms with Crippen LogP contribution in [0.5, 0.6) is 0 Å². The van der Waals surface area contributed by atoms with Crippen molar-refractivity contribution in [1.29, 1.82) is 0 Å². The molecule has 0 aliphatic carbocycles. The molecule has 3 heteroatoms. The van der Waals surface area contributed by atoms with Gasteiger partial charge in [-0.05, 0) is 46.8 Å². The van der Waals surface area contributed by atoms with E-state index in [1.165, 1.54) is 0 Å². The number of aliphatic imine (C=N–C) groups is 1. The fourth-order valence-corrected chi connectivity index (χ4v) is 1.91. The summed E-state index contributed by atoms with van der Waals surface area (Å²) in [7, 11) is 0. The van der Waals surface area contributed by atoms with E-state index in [1.807, 2.05) is 18.2 Å². The van der Waals surface area contributed by atoms with Gasteiger partial charge in [0, 0.05) is 11.2 Å². The predicted molar refractivity (Wildman–Crippen MR) is 76.4 cm³/mol. The van der Waals surface area contributed by atoms with E-state index in [-0.39, 0.29) is 11.1 Å². The molecule has 0 aromatic heterocycles. The van der Waals surface area contributed by atoms with Gasteiger partial charge in [-0.3, -0.25) is 0 Å². The highest BCUT2D eigenvalue weighted by Gasteiger charge is 2.28. The average molecular weight is 246 g/mol. The first kappa shape index (κ1) is 12.9. The van der Waals surface area contributed by atoms with E-state index < -0.39 is 0 Å². The zero-order valence-electron chi connectivity index (χ0n) is 11.9. The average Bonchev–Trinajstić information content (AvgIpc) is 2.57. The fourth-order valence-electron chi connectivity index (χ4n) is 1.91. The Balaban J connectivity index is 2.35. The monoisotopic (exact) mass is 246 g/mol. The standard InChI is InChI=1S/C15H22N2O/c1-14(2,3)16-12-9-7-6-8-11(12)13-17-15(4,5)10-18-13/h6-9,16H,10H2,1-5H3. The first-order chi connectivity index (χ1) is 8.27. The van der Waals surface area contributed by atoms with Gasteiger partial charge in [-0.2, -0.15) is 0 Å². The summed E-state index contributed by atoms with van der Waals surface area (Å²) in [6.45, 7) is 11.2. The Labute approximate surface area is 109 Å². The van der Waals surface area contributed by atoms with E-state index in [2.05, 4.69) is 51.0 Å².